The predicted molar refractivity (Wildman–Crippen MR) is 124 cm³/mol. The molecule has 0 N–H and O–H groups in total. The maximum atomic E-state index is 12.5. The average molecular weight is 444 g/mol. The average Bonchev–Trinajstić information content (AvgIpc) is 2.71. The first-order valence-electron chi connectivity index (χ1n) is 11.0. The number of hydrogen-bond acceptors (Lipinski definition) is 3. The Morgan fingerprint density at radius 2 is 1.21 bits per heavy atom. The largest absolute Gasteiger partial charge is 0.297 e. The van der Waals surface area contributed by atoms with Crippen LogP contribution in [0.15, 0.2) is 47.4 Å². The van der Waals surface area contributed by atoms with E-state index in [2.05, 4.69) is 6.92 Å². The zero-order valence-corrected chi connectivity index (χ0v) is 22.3. The van der Waals surface area contributed by atoms with Gasteiger partial charge in [0.1, 0.15) is 4.90 Å². The normalized spacial score (nSPS) is 11.5. The van der Waals surface area contributed by atoms with E-state index in [1.54, 1.807) is 12.1 Å². The van der Waals surface area contributed by atoms with Gasteiger partial charge in [-0.05, 0) is 17.9 Å². The van der Waals surface area contributed by atoms with Crippen molar-refractivity contribution in [3.63, 3.8) is 0 Å². The Kier molecular flexibility index (Phi) is 15.0. The van der Waals surface area contributed by atoms with Crippen molar-refractivity contribution in [3.8, 4) is 0 Å². The molecule has 2 aromatic rings. The number of rotatable bonds is 15. The van der Waals surface area contributed by atoms with E-state index in [0.29, 0.717) is 0 Å². The molecule has 0 saturated heterocycles. The van der Waals surface area contributed by atoms with Crippen LogP contribution in [0.1, 0.15) is 84.0 Å². The topological polar surface area (TPSA) is 43.4 Å². The van der Waals surface area contributed by atoms with Gasteiger partial charge in [-0.3, -0.25) is 4.18 Å². The molecule has 29 heavy (non-hydrogen) atoms. The second kappa shape index (κ2) is 16.0. The van der Waals surface area contributed by atoms with E-state index in [1.807, 2.05) is 30.3 Å². The van der Waals surface area contributed by atoms with E-state index in [4.69, 9.17) is 4.18 Å². The molecule has 0 aliphatic rings. The monoisotopic (exact) mass is 443 g/mol. The van der Waals surface area contributed by atoms with Crippen molar-refractivity contribution in [2.24, 2.45) is 0 Å². The molecule has 0 unspecified atom stereocenters. The van der Waals surface area contributed by atoms with Crippen molar-refractivity contribution < 1.29 is 12.6 Å². The van der Waals surface area contributed by atoms with Crippen LogP contribution in [0, 0.1) is 0 Å². The molecule has 5 heteroatoms. The van der Waals surface area contributed by atoms with Crippen LogP contribution in [0.2, 0.25) is 0 Å². The molecular weight excluding hydrogens is 407 g/mol. The van der Waals surface area contributed by atoms with Gasteiger partial charge in [-0.1, -0.05) is 114 Å². The van der Waals surface area contributed by atoms with Crippen LogP contribution < -0.4 is 0 Å². The summed E-state index contributed by atoms with van der Waals surface area (Å²) in [6, 6.07) is 12.8. The van der Waals surface area contributed by atoms with Gasteiger partial charge in [0.25, 0.3) is 10.1 Å². The summed E-state index contributed by atoms with van der Waals surface area (Å²) in [5.41, 5.74) is 0. The van der Waals surface area contributed by atoms with Crippen LogP contribution in [0.5, 0.6) is 0 Å². The van der Waals surface area contributed by atoms with Crippen LogP contribution in [-0.2, 0) is 14.3 Å². The number of benzene rings is 2. The van der Waals surface area contributed by atoms with Crippen molar-refractivity contribution in [1.29, 1.82) is 0 Å². The molecule has 0 spiro atoms. The van der Waals surface area contributed by atoms with Crippen LogP contribution in [0.4, 0.5) is 0 Å². The first kappa shape index (κ1) is 27.3. The molecule has 2 aromatic carbocycles. The first-order valence-corrected chi connectivity index (χ1v) is 12.4. The minimum Gasteiger partial charge on any atom is -0.266 e. The van der Waals surface area contributed by atoms with Crippen molar-refractivity contribution in [3.05, 3.63) is 42.5 Å². The predicted octanol–water partition coefficient (Wildman–Crippen LogP) is 6.87. The molecule has 0 atom stereocenters. The Labute approximate surface area is 220 Å². The fourth-order valence-corrected chi connectivity index (χ4v) is 4.75. The van der Waals surface area contributed by atoms with E-state index in [-0.39, 0.29) is 62.9 Å². The Balaban J connectivity index is 0.00000420. The van der Waals surface area contributed by atoms with E-state index >= 15 is 0 Å². The van der Waals surface area contributed by atoms with Gasteiger partial charge in [0.2, 0.25) is 0 Å². The first-order chi connectivity index (χ1) is 13.6. The fraction of sp³-hybridized carbons (Fsp3) is 0.583. The van der Waals surface area contributed by atoms with Crippen molar-refractivity contribution >= 4 is 72.3 Å². The quantitative estimate of drug-likeness (QED) is 0.171. The van der Waals surface area contributed by atoms with Gasteiger partial charge in [-0.25, -0.2) is 0 Å². The number of unbranched alkanes of at least 4 members (excludes halogenated alkanes) is 11. The van der Waals surface area contributed by atoms with Crippen LogP contribution >= 0.6 is 0 Å². The molecule has 1 radical (unpaired) electrons. The maximum absolute atomic E-state index is 12.5. The summed E-state index contributed by atoms with van der Waals surface area (Å²) >= 11 is 0. The molecule has 3 nitrogen and oxygen atoms in total. The Hall–Kier alpha value is 0.246. The third kappa shape index (κ3) is 10.4. The summed E-state index contributed by atoms with van der Waals surface area (Å²) < 4.78 is 30.3. The summed E-state index contributed by atoms with van der Waals surface area (Å²) in [6.45, 7) is 2.52. The van der Waals surface area contributed by atoms with Crippen LogP contribution in [0.3, 0.4) is 0 Å². The SMILES string of the molecule is CCCCCCCCCCCCCCOS(=O)(=O)c1cccc2ccccc12.[K]. The zero-order chi connectivity index (χ0) is 20.1. The standard InChI is InChI=1S/C24H36O3S.K/c1-2-3-4-5-6-7-8-9-10-11-12-15-21-27-28(25,26)24-20-16-18-22-17-13-14-19-23(22)24;/h13-14,16-20H,2-12,15,21H2,1H3;. The summed E-state index contributed by atoms with van der Waals surface area (Å²) in [4.78, 5) is 0.268. The second-order valence-electron chi connectivity index (χ2n) is 7.64. The van der Waals surface area contributed by atoms with Gasteiger partial charge in [0.15, 0.2) is 0 Å². The molecule has 157 valence electrons. The van der Waals surface area contributed by atoms with E-state index in [9.17, 15) is 8.42 Å². The van der Waals surface area contributed by atoms with E-state index in [1.165, 1.54) is 57.8 Å². The fourth-order valence-electron chi connectivity index (χ4n) is 3.59. The molecule has 0 heterocycles. The van der Waals surface area contributed by atoms with Gasteiger partial charge in [0.05, 0.1) is 6.61 Å². The molecule has 0 saturated carbocycles. The maximum Gasteiger partial charge on any atom is 0.297 e. The van der Waals surface area contributed by atoms with Crippen molar-refractivity contribution in [1.82, 2.24) is 0 Å². The van der Waals surface area contributed by atoms with E-state index in [0.717, 1.165) is 30.0 Å². The second-order valence-corrected chi connectivity index (χ2v) is 9.23. The summed E-state index contributed by atoms with van der Waals surface area (Å²) in [6.07, 6.45) is 15.0. The molecule has 0 fully saturated rings. The van der Waals surface area contributed by atoms with Crippen LogP contribution in [-0.4, -0.2) is 66.4 Å². The van der Waals surface area contributed by atoms with Crippen LogP contribution in [0.25, 0.3) is 10.8 Å². The Morgan fingerprint density at radius 3 is 1.83 bits per heavy atom. The third-order valence-electron chi connectivity index (χ3n) is 5.26. The number of hydrogen-bond donors (Lipinski definition) is 0. The van der Waals surface area contributed by atoms with Gasteiger partial charge >= 0.3 is 0 Å². The summed E-state index contributed by atoms with van der Waals surface area (Å²) in [5.74, 6) is 0. The molecule has 0 bridgehead atoms. The van der Waals surface area contributed by atoms with Gasteiger partial charge < -0.3 is 0 Å². The Bertz CT molecular complexity index is 784. The van der Waals surface area contributed by atoms with Gasteiger partial charge in [0, 0.05) is 56.8 Å². The molecule has 0 aliphatic heterocycles. The summed E-state index contributed by atoms with van der Waals surface area (Å²) in [5, 5.41) is 1.64. The molecular formula is C24H36KO3S. The van der Waals surface area contributed by atoms with E-state index < -0.39 is 10.1 Å². The minimum atomic E-state index is -3.70. The van der Waals surface area contributed by atoms with Crippen molar-refractivity contribution in [2.45, 2.75) is 88.9 Å². The Morgan fingerprint density at radius 1 is 0.690 bits per heavy atom. The summed E-state index contributed by atoms with van der Waals surface area (Å²) in [7, 11) is -3.70. The zero-order valence-electron chi connectivity index (χ0n) is 18.4. The minimum absolute atomic E-state index is 0. The molecule has 2 rings (SSSR count). The molecule has 0 aromatic heterocycles. The smallest absolute Gasteiger partial charge is 0.266 e. The van der Waals surface area contributed by atoms with Crippen molar-refractivity contribution in [2.75, 3.05) is 6.61 Å². The molecule has 0 aliphatic carbocycles. The molecule has 0 amide bonds. The van der Waals surface area contributed by atoms with Gasteiger partial charge in [-0.2, -0.15) is 8.42 Å². The van der Waals surface area contributed by atoms with Gasteiger partial charge in [-0.15, -0.1) is 0 Å². The third-order valence-corrected chi connectivity index (χ3v) is 6.63. The number of fused-ring (bicyclic) bond motifs is 1.